The van der Waals surface area contributed by atoms with Gasteiger partial charge in [-0.25, -0.2) is 4.68 Å². The molecular weight excluding hydrogens is 385 g/mol. The van der Waals surface area contributed by atoms with Gasteiger partial charge in [-0.2, -0.15) is 5.10 Å². The third-order valence-corrected chi connectivity index (χ3v) is 5.32. The van der Waals surface area contributed by atoms with Crippen molar-refractivity contribution in [1.29, 1.82) is 0 Å². The summed E-state index contributed by atoms with van der Waals surface area (Å²) in [5.41, 5.74) is 3.46. The molecule has 0 aliphatic rings. The number of likely N-dealkylation sites (N-methyl/N-ethyl adjacent to an activating group) is 1. The fourth-order valence-corrected chi connectivity index (χ4v) is 3.32. The lowest BCUT2D eigenvalue weighted by atomic mass is 10.1. The molecule has 0 spiro atoms. The largest absolute Gasteiger partial charge is 0.467 e. The zero-order chi connectivity index (χ0) is 19.6. The highest BCUT2D eigenvalue weighted by Crippen LogP contribution is 2.26. The minimum Gasteiger partial charge on any atom is -0.467 e. The molecule has 0 saturated carbocycles. The maximum absolute atomic E-state index is 12.8. The van der Waals surface area contributed by atoms with Crippen molar-refractivity contribution in [3.05, 3.63) is 69.4 Å². The van der Waals surface area contributed by atoms with Gasteiger partial charge in [0.05, 0.1) is 40.7 Å². The number of carbonyl (C=O) groups excluding carboxylic acids is 1. The van der Waals surface area contributed by atoms with Gasteiger partial charge in [0.2, 0.25) is 5.91 Å². The summed E-state index contributed by atoms with van der Waals surface area (Å²) >= 11 is 12.1. The molecule has 0 radical (unpaired) electrons. The molecule has 0 fully saturated rings. The molecule has 1 aromatic carbocycles. The Balaban J connectivity index is 1.83. The summed E-state index contributed by atoms with van der Waals surface area (Å²) in [5, 5.41) is 5.55. The first kappa shape index (κ1) is 19.5. The predicted molar refractivity (Wildman–Crippen MR) is 107 cm³/mol. The summed E-state index contributed by atoms with van der Waals surface area (Å²) in [4.78, 5) is 14.6. The first-order chi connectivity index (χ1) is 12.9. The Labute approximate surface area is 168 Å². The van der Waals surface area contributed by atoms with Crippen LogP contribution in [0.5, 0.6) is 0 Å². The summed E-state index contributed by atoms with van der Waals surface area (Å²) in [6, 6.07) is 9.05. The second-order valence-corrected chi connectivity index (χ2v) is 7.14. The number of hydrogen-bond donors (Lipinski definition) is 0. The second-order valence-electron chi connectivity index (χ2n) is 6.32. The molecule has 142 valence electrons. The van der Waals surface area contributed by atoms with E-state index in [0.717, 1.165) is 28.4 Å². The van der Waals surface area contributed by atoms with Crippen molar-refractivity contribution >= 4 is 29.1 Å². The SMILES string of the molecule is CCN(Cc1ccco1)C(=O)Cc1c(C)nn(-c2ccc(Cl)c(Cl)c2)c1C. The quantitative estimate of drug-likeness (QED) is 0.580. The highest BCUT2D eigenvalue weighted by atomic mass is 35.5. The van der Waals surface area contributed by atoms with E-state index in [1.807, 2.05) is 39.0 Å². The van der Waals surface area contributed by atoms with Crippen molar-refractivity contribution in [2.45, 2.75) is 33.7 Å². The Morgan fingerprint density at radius 1 is 1.22 bits per heavy atom. The zero-order valence-electron chi connectivity index (χ0n) is 15.5. The molecule has 1 amide bonds. The van der Waals surface area contributed by atoms with Crippen LogP contribution in [-0.2, 0) is 17.8 Å². The van der Waals surface area contributed by atoms with Gasteiger partial charge in [0, 0.05) is 17.8 Å². The van der Waals surface area contributed by atoms with Gasteiger partial charge in [-0.3, -0.25) is 4.79 Å². The van der Waals surface area contributed by atoms with Crippen LogP contribution in [0.1, 0.15) is 29.6 Å². The monoisotopic (exact) mass is 405 g/mol. The molecule has 2 aromatic heterocycles. The van der Waals surface area contributed by atoms with Crippen molar-refractivity contribution in [3.63, 3.8) is 0 Å². The van der Waals surface area contributed by atoms with Crippen LogP contribution >= 0.6 is 23.2 Å². The lowest BCUT2D eigenvalue weighted by Crippen LogP contribution is -2.31. The highest BCUT2D eigenvalue weighted by Gasteiger charge is 2.20. The second kappa shape index (κ2) is 8.19. The first-order valence-electron chi connectivity index (χ1n) is 8.71. The van der Waals surface area contributed by atoms with Crippen molar-refractivity contribution < 1.29 is 9.21 Å². The summed E-state index contributed by atoms with van der Waals surface area (Å²) in [5.74, 6) is 0.805. The number of halogens is 2. The number of carbonyl (C=O) groups is 1. The molecule has 0 saturated heterocycles. The van der Waals surface area contributed by atoms with E-state index in [0.29, 0.717) is 23.1 Å². The van der Waals surface area contributed by atoms with Gasteiger partial charge in [0.1, 0.15) is 5.76 Å². The molecule has 0 atom stereocenters. The van der Waals surface area contributed by atoms with Gasteiger partial charge in [-0.1, -0.05) is 23.2 Å². The molecule has 5 nitrogen and oxygen atoms in total. The summed E-state index contributed by atoms with van der Waals surface area (Å²) in [6.07, 6.45) is 1.90. The molecular formula is C20H21Cl2N3O2. The van der Waals surface area contributed by atoms with E-state index in [2.05, 4.69) is 5.10 Å². The van der Waals surface area contributed by atoms with Crippen LogP contribution in [0.25, 0.3) is 5.69 Å². The number of hydrogen-bond acceptors (Lipinski definition) is 3. The van der Waals surface area contributed by atoms with E-state index in [9.17, 15) is 4.79 Å². The lowest BCUT2D eigenvalue weighted by Gasteiger charge is -2.19. The van der Waals surface area contributed by atoms with Gasteiger partial charge >= 0.3 is 0 Å². The fourth-order valence-electron chi connectivity index (χ4n) is 3.03. The predicted octanol–water partition coefficient (Wildman–Crippen LogP) is 4.98. The molecule has 2 heterocycles. The zero-order valence-corrected chi connectivity index (χ0v) is 17.0. The van der Waals surface area contributed by atoms with Crippen LogP contribution in [0.3, 0.4) is 0 Å². The minimum absolute atomic E-state index is 0.0359. The van der Waals surface area contributed by atoms with Crippen LogP contribution in [0, 0.1) is 13.8 Å². The number of benzene rings is 1. The number of furan rings is 1. The van der Waals surface area contributed by atoms with Crippen molar-refractivity contribution in [2.75, 3.05) is 6.54 Å². The molecule has 0 aliphatic carbocycles. The normalized spacial score (nSPS) is 11.0. The van der Waals surface area contributed by atoms with Crippen molar-refractivity contribution in [2.24, 2.45) is 0 Å². The number of aromatic nitrogens is 2. The minimum atomic E-state index is 0.0359. The Morgan fingerprint density at radius 3 is 2.63 bits per heavy atom. The third kappa shape index (κ3) is 4.20. The molecule has 0 unspecified atom stereocenters. The van der Waals surface area contributed by atoms with Crippen LogP contribution in [-0.4, -0.2) is 27.1 Å². The topological polar surface area (TPSA) is 51.3 Å². The smallest absolute Gasteiger partial charge is 0.227 e. The highest BCUT2D eigenvalue weighted by molar-refractivity contribution is 6.42. The van der Waals surface area contributed by atoms with Crippen LogP contribution in [0.4, 0.5) is 0 Å². The van der Waals surface area contributed by atoms with Crippen molar-refractivity contribution in [1.82, 2.24) is 14.7 Å². The van der Waals surface area contributed by atoms with E-state index in [4.69, 9.17) is 27.6 Å². The molecule has 0 N–H and O–H groups in total. The van der Waals surface area contributed by atoms with Crippen LogP contribution in [0.2, 0.25) is 10.0 Å². The Kier molecular flexibility index (Phi) is 5.92. The van der Waals surface area contributed by atoms with E-state index in [-0.39, 0.29) is 12.3 Å². The number of rotatable bonds is 6. The summed E-state index contributed by atoms with van der Waals surface area (Å²) in [7, 11) is 0. The fraction of sp³-hybridized carbons (Fsp3) is 0.300. The first-order valence-corrected chi connectivity index (χ1v) is 9.47. The average molecular weight is 406 g/mol. The van der Waals surface area contributed by atoms with Gasteiger partial charge in [0.15, 0.2) is 0 Å². The van der Waals surface area contributed by atoms with Gasteiger partial charge < -0.3 is 9.32 Å². The number of nitrogens with zero attached hydrogens (tertiary/aromatic N) is 3. The van der Waals surface area contributed by atoms with Gasteiger partial charge in [-0.05, 0) is 51.1 Å². The molecule has 0 aliphatic heterocycles. The van der Waals surface area contributed by atoms with E-state index in [1.54, 1.807) is 28.0 Å². The van der Waals surface area contributed by atoms with E-state index >= 15 is 0 Å². The molecule has 7 heteroatoms. The van der Waals surface area contributed by atoms with E-state index < -0.39 is 0 Å². The Hall–Kier alpha value is -2.24. The van der Waals surface area contributed by atoms with Gasteiger partial charge in [0.25, 0.3) is 0 Å². The van der Waals surface area contributed by atoms with Crippen molar-refractivity contribution in [3.8, 4) is 5.69 Å². The third-order valence-electron chi connectivity index (χ3n) is 4.58. The number of amides is 1. The standard InChI is InChI=1S/C20H21Cl2N3O2/c1-4-24(12-16-6-5-9-27-16)20(26)11-17-13(2)23-25(14(17)3)15-7-8-18(21)19(22)10-15/h5-10H,4,11-12H2,1-3H3. The van der Waals surface area contributed by atoms with Gasteiger partial charge in [-0.15, -0.1) is 0 Å². The maximum atomic E-state index is 12.8. The summed E-state index contributed by atoms with van der Waals surface area (Å²) < 4.78 is 7.16. The Bertz CT molecular complexity index is 949. The average Bonchev–Trinajstić information content (AvgIpc) is 3.25. The summed E-state index contributed by atoms with van der Waals surface area (Å²) in [6.45, 7) is 6.89. The molecule has 3 rings (SSSR count). The van der Waals surface area contributed by atoms with E-state index in [1.165, 1.54) is 0 Å². The lowest BCUT2D eigenvalue weighted by molar-refractivity contribution is -0.131. The number of aryl methyl sites for hydroxylation is 1. The maximum Gasteiger partial charge on any atom is 0.227 e. The van der Waals surface area contributed by atoms with Crippen LogP contribution < -0.4 is 0 Å². The Morgan fingerprint density at radius 2 is 2.00 bits per heavy atom. The molecule has 3 aromatic rings. The van der Waals surface area contributed by atoms with Crippen LogP contribution in [0.15, 0.2) is 41.0 Å². The molecule has 0 bridgehead atoms. The molecule has 27 heavy (non-hydrogen) atoms.